The predicted molar refractivity (Wildman–Crippen MR) is 128 cm³/mol. The number of likely N-dealkylation sites (N-methyl/N-ethyl adjacent to an activating group) is 1. The summed E-state index contributed by atoms with van der Waals surface area (Å²) in [6.07, 6.45) is 0.909. The summed E-state index contributed by atoms with van der Waals surface area (Å²) in [6, 6.07) is 20.0. The largest absolute Gasteiger partial charge is 0.336 e. The van der Waals surface area contributed by atoms with Crippen LogP contribution in [-0.2, 0) is 0 Å². The highest BCUT2D eigenvalue weighted by Crippen LogP contribution is 2.37. The third kappa shape index (κ3) is 3.99. The fourth-order valence-corrected chi connectivity index (χ4v) is 3.92. The second-order valence-corrected chi connectivity index (χ2v) is 8.60. The molecule has 2 N–H and O–H groups in total. The molecule has 0 aromatic heterocycles. The third-order valence-corrected chi connectivity index (χ3v) is 6.08. The Kier molecular flexibility index (Phi) is 5.76. The van der Waals surface area contributed by atoms with Crippen molar-refractivity contribution in [1.29, 1.82) is 0 Å². The van der Waals surface area contributed by atoms with E-state index < -0.39 is 17.7 Å². The van der Waals surface area contributed by atoms with Crippen LogP contribution in [0.15, 0.2) is 71.8 Å². The molecule has 0 saturated carbocycles. The molecule has 0 aliphatic carbocycles. The normalized spacial score (nSPS) is 17.9. The van der Waals surface area contributed by atoms with Crippen LogP contribution in [0.2, 0.25) is 5.02 Å². The van der Waals surface area contributed by atoms with Gasteiger partial charge in [0, 0.05) is 17.5 Å². The molecule has 1 fully saturated rings. The fourth-order valence-electron chi connectivity index (χ4n) is 3.79. The molecule has 8 heteroatoms. The molecule has 4 rings (SSSR count). The van der Waals surface area contributed by atoms with Crippen LogP contribution in [0.1, 0.15) is 19.4 Å². The van der Waals surface area contributed by atoms with Gasteiger partial charge < -0.3 is 10.2 Å². The van der Waals surface area contributed by atoms with Crippen molar-refractivity contribution in [2.75, 3.05) is 11.9 Å². The van der Waals surface area contributed by atoms with Gasteiger partial charge in [-0.05, 0) is 43.0 Å². The summed E-state index contributed by atoms with van der Waals surface area (Å²) in [7, 11) is 1.73. The molecule has 1 heterocycles. The SMILES string of the molecule is CN1C(=O)N(c2cccc3ccccc23)C(NC(=O)NN=Cc2ccc(Cl)cc2)C1(C)C. The van der Waals surface area contributed by atoms with Crippen molar-refractivity contribution >= 4 is 46.3 Å². The summed E-state index contributed by atoms with van der Waals surface area (Å²) in [6.45, 7) is 3.83. The number of urea groups is 2. The number of amides is 4. The Morgan fingerprint density at radius 1 is 1.06 bits per heavy atom. The summed E-state index contributed by atoms with van der Waals surface area (Å²) in [5, 5.41) is 9.49. The van der Waals surface area contributed by atoms with Crippen LogP contribution in [0.3, 0.4) is 0 Å². The lowest BCUT2D eigenvalue weighted by atomic mass is 10.00. The van der Waals surface area contributed by atoms with Crippen LogP contribution < -0.4 is 15.6 Å². The monoisotopic (exact) mass is 449 g/mol. The van der Waals surface area contributed by atoms with Gasteiger partial charge in [0.05, 0.1) is 17.4 Å². The summed E-state index contributed by atoms with van der Waals surface area (Å²) < 4.78 is 0. The van der Waals surface area contributed by atoms with E-state index in [1.54, 1.807) is 41.1 Å². The Morgan fingerprint density at radius 3 is 2.50 bits per heavy atom. The zero-order valence-corrected chi connectivity index (χ0v) is 18.8. The Labute approximate surface area is 191 Å². The van der Waals surface area contributed by atoms with Crippen molar-refractivity contribution in [3.63, 3.8) is 0 Å². The highest BCUT2D eigenvalue weighted by Gasteiger charge is 2.51. The Balaban J connectivity index is 1.59. The minimum Gasteiger partial charge on any atom is -0.318 e. The molecule has 7 nitrogen and oxygen atoms in total. The first-order valence-electron chi connectivity index (χ1n) is 10.2. The maximum absolute atomic E-state index is 13.2. The standard InChI is InChI=1S/C24H24ClN5O2/c1-24(2)21(27-22(31)28-26-15-16-11-13-18(25)14-12-16)30(23(32)29(24)3)20-10-6-8-17-7-4-5-9-19(17)20/h4-15,21H,1-3H3,(H2,27,28,31). The van der Waals surface area contributed by atoms with E-state index >= 15 is 0 Å². The lowest BCUT2D eigenvalue weighted by Crippen LogP contribution is -2.57. The first-order chi connectivity index (χ1) is 15.3. The van der Waals surface area contributed by atoms with Gasteiger partial charge in [0.1, 0.15) is 6.17 Å². The molecule has 1 aliphatic rings. The number of carbonyl (C=O) groups excluding carboxylic acids is 2. The van der Waals surface area contributed by atoms with Crippen LogP contribution >= 0.6 is 11.6 Å². The Hall–Kier alpha value is -3.58. The zero-order valence-electron chi connectivity index (χ0n) is 18.0. The first-order valence-corrected chi connectivity index (χ1v) is 10.6. The van der Waals surface area contributed by atoms with Crippen LogP contribution in [0.4, 0.5) is 15.3 Å². The van der Waals surface area contributed by atoms with Gasteiger partial charge in [-0.15, -0.1) is 0 Å². The van der Waals surface area contributed by atoms with Crippen LogP contribution in [0, 0.1) is 0 Å². The lowest BCUT2D eigenvalue weighted by molar-refractivity contribution is 0.178. The number of hydrogen-bond donors (Lipinski definition) is 2. The smallest absolute Gasteiger partial charge is 0.318 e. The second-order valence-electron chi connectivity index (χ2n) is 8.16. The minimum atomic E-state index is -0.661. The molecular weight excluding hydrogens is 426 g/mol. The van der Waals surface area contributed by atoms with Gasteiger partial charge in [-0.3, -0.25) is 4.90 Å². The number of halogens is 1. The van der Waals surface area contributed by atoms with Crippen LogP contribution in [0.25, 0.3) is 10.8 Å². The Morgan fingerprint density at radius 2 is 1.75 bits per heavy atom. The molecule has 3 aromatic rings. The topological polar surface area (TPSA) is 77.0 Å². The van der Waals surface area contributed by atoms with Gasteiger partial charge in [0.15, 0.2) is 0 Å². The molecule has 1 unspecified atom stereocenters. The molecule has 0 spiro atoms. The fraction of sp³-hybridized carbons (Fsp3) is 0.208. The maximum Gasteiger partial charge on any atom is 0.336 e. The molecule has 3 aromatic carbocycles. The minimum absolute atomic E-state index is 0.193. The summed E-state index contributed by atoms with van der Waals surface area (Å²) in [5.41, 5.74) is 3.35. The van der Waals surface area contributed by atoms with E-state index in [1.807, 2.05) is 56.3 Å². The lowest BCUT2D eigenvalue weighted by Gasteiger charge is -2.33. The van der Waals surface area contributed by atoms with Crippen molar-refractivity contribution in [1.82, 2.24) is 15.6 Å². The van der Waals surface area contributed by atoms with E-state index in [0.717, 1.165) is 22.0 Å². The second kappa shape index (κ2) is 8.51. The molecule has 0 bridgehead atoms. The van der Waals surface area contributed by atoms with Gasteiger partial charge in [-0.25, -0.2) is 15.0 Å². The highest BCUT2D eigenvalue weighted by molar-refractivity contribution is 6.30. The predicted octanol–water partition coefficient (Wildman–Crippen LogP) is 4.80. The highest BCUT2D eigenvalue weighted by atomic mass is 35.5. The molecule has 0 radical (unpaired) electrons. The maximum atomic E-state index is 13.2. The molecular formula is C24H24ClN5O2. The molecule has 1 aliphatic heterocycles. The number of anilines is 1. The van der Waals surface area contributed by atoms with Gasteiger partial charge in [0.2, 0.25) is 0 Å². The van der Waals surface area contributed by atoms with E-state index in [9.17, 15) is 9.59 Å². The van der Waals surface area contributed by atoms with E-state index in [4.69, 9.17) is 11.6 Å². The summed E-state index contributed by atoms with van der Waals surface area (Å²) in [5.74, 6) is 0. The summed E-state index contributed by atoms with van der Waals surface area (Å²) in [4.78, 5) is 29.2. The number of hydrazone groups is 1. The van der Waals surface area contributed by atoms with E-state index in [0.29, 0.717) is 5.02 Å². The number of benzene rings is 3. The number of nitrogens with one attached hydrogen (secondary N) is 2. The van der Waals surface area contributed by atoms with Crippen molar-refractivity contribution in [2.24, 2.45) is 5.10 Å². The zero-order chi connectivity index (χ0) is 22.9. The molecule has 164 valence electrons. The number of nitrogens with zero attached hydrogens (tertiary/aromatic N) is 3. The van der Waals surface area contributed by atoms with Gasteiger partial charge in [-0.1, -0.05) is 60.1 Å². The average Bonchev–Trinajstić information content (AvgIpc) is 2.94. The van der Waals surface area contributed by atoms with Gasteiger partial charge in [-0.2, -0.15) is 5.10 Å². The van der Waals surface area contributed by atoms with Gasteiger partial charge in [0.25, 0.3) is 0 Å². The first kappa shape index (κ1) is 21.6. The van der Waals surface area contributed by atoms with Crippen molar-refractivity contribution < 1.29 is 9.59 Å². The quantitative estimate of drug-likeness (QED) is 0.443. The molecule has 4 amide bonds. The number of rotatable bonds is 4. The molecule has 1 atom stereocenters. The number of hydrogen-bond acceptors (Lipinski definition) is 3. The Bertz CT molecular complexity index is 1190. The number of carbonyl (C=O) groups is 2. The molecule has 1 saturated heterocycles. The van der Waals surface area contributed by atoms with E-state index in [-0.39, 0.29) is 6.03 Å². The van der Waals surface area contributed by atoms with E-state index in [1.165, 1.54) is 6.21 Å². The van der Waals surface area contributed by atoms with E-state index in [2.05, 4.69) is 15.8 Å². The summed E-state index contributed by atoms with van der Waals surface area (Å²) >= 11 is 5.88. The van der Waals surface area contributed by atoms with Gasteiger partial charge >= 0.3 is 12.1 Å². The van der Waals surface area contributed by atoms with Crippen molar-refractivity contribution in [3.8, 4) is 0 Å². The van der Waals surface area contributed by atoms with Crippen LogP contribution in [0.5, 0.6) is 0 Å². The average molecular weight is 450 g/mol. The number of fused-ring (bicyclic) bond motifs is 1. The van der Waals surface area contributed by atoms with Crippen molar-refractivity contribution in [3.05, 3.63) is 77.3 Å². The van der Waals surface area contributed by atoms with Crippen LogP contribution in [-0.4, -0.2) is 41.9 Å². The van der Waals surface area contributed by atoms with Crippen molar-refractivity contribution in [2.45, 2.75) is 25.6 Å². The third-order valence-electron chi connectivity index (χ3n) is 5.83. The molecule has 32 heavy (non-hydrogen) atoms.